The van der Waals surface area contributed by atoms with E-state index in [2.05, 4.69) is 4.98 Å². The first-order valence-corrected chi connectivity index (χ1v) is 5.88. The minimum atomic E-state index is -0.358. The van der Waals surface area contributed by atoms with Crippen molar-refractivity contribution >= 4 is 17.3 Å². The number of fused-ring (bicyclic) bond motifs is 1. The molecule has 3 nitrogen and oxygen atoms in total. The molecular formula is C15H11FN2O. The average molecular weight is 254 g/mol. The van der Waals surface area contributed by atoms with Crippen LogP contribution in [0.15, 0.2) is 42.5 Å². The van der Waals surface area contributed by atoms with Crippen LogP contribution < -0.4 is 0 Å². The first-order chi connectivity index (χ1) is 9.22. The Morgan fingerprint density at radius 2 is 1.95 bits per heavy atom. The molecule has 0 radical (unpaired) electrons. The van der Waals surface area contributed by atoms with Gasteiger partial charge >= 0.3 is 0 Å². The smallest absolute Gasteiger partial charge is 0.151 e. The first-order valence-electron chi connectivity index (χ1n) is 5.88. The molecule has 94 valence electrons. The number of aryl methyl sites for hydroxylation is 1. The summed E-state index contributed by atoms with van der Waals surface area (Å²) in [5, 5.41) is 0. The van der Waals surface area contributed by atoms with Crippen LogP contribution in [-0.2, 0) is 7.05 Å². The molecule has 0 aliphatic carbocycles. The van der Waals surface area contributed by atoms with Gasteiger partial charge in [-0.05, 0) is 12.1 Å². The Morgan fingerprint density at radius 3 is 2.68 bits per heavy atom. The molecule has 3 rings (SSSR count). The van der Waals surface area contributed by atoms with Gasteiger partial charge in [0, 0.05) is 18.2 Å². The Kier molecular flexibility index (Phi) is 2.63. The fourth-order valence-corrected chi connectivity index (χ4v) is 2.22. The highest BCUT2D eigenvalue weighted by atomic mass is 19.1. The zero-order valence-electron chi connectivity index (χ0n) is 10.3. The number of carbonyl (C=O) groups is 1. The fourth-order valence-electron chi connectivity index (χ4n) is 2.22. The van der Waals surface area contributed by atoms with Gasteiger partial charge in [-0.2, -0.15) is 0 Å². The lowest BCUT2D eigenvalue weighted by Gasteiger charge is -2.04. The summed E-state index contributed by atoms with van der Waals surface area (Å²) < 4.78 is 15.5. The van der Waals surface area contributed by atoms with Gasteiger partial charge in [0.05, 0.1) is 5.52 Å². The number of aromatic nitrogens is 2. The van der Waals surface area contributed by atoms with Crippen molar-refractivity contribution in [1.82, 2.24) is 9.55 Å². The highest BCUT2D eigenvalue weighted by molar-refractivity contribution is 5.89. The molecule has 0 amide bonds. The Morgan fingerprint density at radius 1 is 1.16 bits per heavy atom. The number of aldehydes is 1. The van der Waals surface area contributed by atoms with E-state index in [9.17, 15) is 9.18 Å². The van der Waals surface area contributed by atoms with Crippen LogP contribution in [0.25, 0.3) is 22.4 Å². The zero-order valence-corrected chi connectivity index (χ0v) is 10.3. The van der Waals surface area contributed by atoms with Crippen molar-refractivity contribution < 1.29 is 9.18 Å². The number of imidazole rings is 1. The lowest BCUT2D eigenvalue weighted by atomic mass is 10.1. The number of halogens is 1. The quantitative estimate of drug-likeness (QED) is 0.658. The number of hydrogen-bond donors (Lipinski definition) is 0. The van der Waals surface area contributed by atoms with Crippen LogP contribution in [0.4, 0.5) is 4.39 Å². The Hall–Kier alpha value is -2.49. The van der Waals surface area contributed by atoms with Crippen molar-refractivity contribution in [1.29, 1.82) is 0 Å². The summed E-state index contributed by atoms with van der Waals surface area (Å²) in [6.45, 7) is 0. The van der Waals surface area contributed by atoms with Gasteiger partial charge in [0.2, 0.25) is 0 Å². The molecule has 0 bridgehead atoms. The zero-order chi connectivity index (χ0) is 13.4. The number of hydrogen-bond acceptors (Lipinski definition) is 2. The van der Waals surface area contributed by atoms with E-state index in [0.717, 1.165) is 6.29 Å². The Bertz CT molecular complexity index is 777. The number of para-hydroxylation sites is 1. The van der Waals surface area contributed by atoms with Crippen LogP contribution in [0.5, 0.6) is 0 Å². The highest BCUT2D eigenvalue weighted by Gasteiger charge is 2.14. The first kappa shape index (κ1) is 11.6. The Balaban J connectivity index is 2.34. The van der Waals surface area contributed by atoms with Gasteiger partial charge in [-0.1, -0.05) is 30.3 Å². The summed E-state index contributed by atoms with van der Waals surface area (Å²) in [7, 11) is 1.81. The van der Waals surface area contributed by atoms with Crippen LogP contribution >= 0.6 is 0 Å². The molecule has 0 fully saturated rings. The van der Waals surface area contributed by atoms with Crippen molar-refractivity contribution in [2.45, 2.75) is 0 Å². The number of benzene rings is 2. The number of carbonyl (C=O) groups excluding carboxylic acids is 1. The fraction of sp³-hybridized carbons (Fsp3) is 0.0667. The van der Waals surface area contributed by atoms with Crippen LogP contribution in [0.2, 0.25) is 0 Å². The molecule has 0 saturated carbocycles. The summed E-state index contributed by atoms with van der Waals surface area (Å²) in [6, 6.07) is 12.0. The molecule has 19 heavy (non-hydrogen) atoms. The van der Waals surface area contributed by atoms with E-state index in [1.807, 2.05) is 19.2 Å². The van der Waals surface area contributed by atoms with Crippen LogP contribution in [-0.4, -0.2) is 15.8 Å². The second kappa shape index (κ2) is 4.31. The van der Waals surface area contributed by atoms with E-state index >= 15 is 0 Å². The summed E-state index contributed by atoms with van der Waals surface area (Å²) in [4.78, 5) is 15.4. The SMILES string of the molecule is Cn1c(-c2ccccc2C=O)nc2c(F)cccc21. The van der Waals surface area contributed by atoms with E-state index in [1.165, 1.54) is 6.07 Å². The van der Waals surface area contributed by atoms with Crippen molar-refractivity contribution in [2.75, 3.05) is 0 Å². The van der Waals surface area contributed by atoms with Crippen LogP contribution in [0, 0.1) is 5.82 Å². The van der Waals surface area contributed by atoms with E-state index in [1.54, 1.807) is 28.8 Å². The minimum absolute atomic E-state index is 0.320. The normalized spacial score (nSPS) is 10.8. The molecule has 0 spiro atoms. The summed E-state index contributed by atoms with van der Waals surface area (Å²) in [5.74, 6) is 0.228. The van der Waals surface area contributed by atoms with Gasteiger partial charge in [-0.25, -0.2) is 9.37 Å². The molecule has 0 unspecified atom stereocenters. The third-order valence-electron chi connectivity index (χ3n) is 3.19. The number of nitrogens with zero attached hydrogens (tertiary/aromatic N) is 2. The average Bonchev–Trinajstić information content (AvgIpc) is 2.78. The molecule has 0 aliphatic heterocycles. The maximum Gasteiger partial charge on any atom is 0.151 e. The standard InChI is InChI=1S/C15H11FN2O/c1-18-13-8-4-7-12(16)14(13)17-15(18)11-6-3-2-5-10(11)9-19/h2-9H,1H3. The molecule has 1 aromatic heterocycles. The molecule has 0 N–H and O–H groups in total. The molecule has 4 heteroatoms. The van der Waals surface area contributed by atoms with Crippen molar-refractivity contribution in [3.63, 3.8) is 0 Å². The molecule has 0 atom stereocenters. The van der Waals surface area contributed by atoms with Crippen LogP contribution in [0.1, 0.15) is 10.4 Å². The van der Waals surface area contributed by atoms with Crippen LogP contribution in [0.3, 0.4) is 0 Å². The highest BCUT2D eigenvalue weighted by Crippen LogP contribution is 2.26. The topological polar surface area (TPSA) is 34.9 Å². The van der Waals surface area contributed by atoms with Gasteiger partial charge in [0.25, 0.3) is 0 Å². The van der Waals surface area contributed by atoms with Crippen molar-refractivity contribution in [3.8, 4) is 11.4 Å². The van der Waals surface area contributed by atoms with E-state index in [4.69, 9.17) is 0 Å². The largest absolute Gasteiger partial charge is 0.327 e. The maximum atomic E-state index is 13.7. The lowest BCUT2D eigenvalue weighted by molar-refractivity contribution is 0.112. The van der Waals surface area contributed by atoms with Gasteiger partial charge in [0.1, 0.15) is 11.3 Å². The monoisotopic (exact) mass is 254 g/mol. The molecule has 0 saturated heterocycles. The molecule has 3 aromatic rings. The molecule has 0 aliphatic rings. The van der Waals surface area contributed by atoms with E-state index in [-0.39, 0.29) is 5.82 Å². The maximum absolute atomic E-state index is 13.7. The third-order valence-corrected chi connectivity index (χ3v) is 3.19. The van der Waals surface area contributed by atoms with Gasteiger partial charge in [-0.3, -0.25) is 4.79 Å². The second-order valence-corrected chi connectivity index (χ2v) is 4.31. The minimum Gasteiger partial charge on any atom is -0.327 e. The van der Waals surface area contributed by atoms with E-state index in [0.29, 0.717) is 28.0 Å². The third kappa shape index (κ3) is 1.73. The summed E-state index contributed by atoms with van der Waals surface area (Å²) in [5.41, 5.74) is 2.27. The molecule has 2 aromatic carbocycles. The Labute approximate surface area is 109 Å². The van der Waals surface area contributed by atoms with Gasteiger partial charge in [-0.15, -0.1) is 0 Å². The summed E-state index contributed by atoms with van der Waals surface area (Å²) >= 11 is 0. The van der Waals surface area contributed by atoms with E-state index < -0.39 is 0 Å². The molecular weight excluding hydrogens is 243 g/mol. The van der Waals surface area contributed by atoms with Crippen molar-refractivity contribution in [2.24, 2.45) is 7.05 Å². The molecule has 1 heterocycles. The van der Waals surface area contributed by atoms with Gasteiger partial charge in [0.15, 0.2) is 12.1 Å². The lowest BCUT2D eigenvalue weighted by Crippen LogP contribution is -1.95. The second-order valence-electron chi connectivity index (χ2n) is 4.31. The van der Waals surface area contributed by atoms with Gasteiger partial charge < -0.3 is 4.57 Å². The van der Waals surface area contributed by atoms with Crippen molar-refractivity contribution in [3.05, 3.63) is 53.8 Å². The predicted molar refractivity (Wildman–Crippen MR) is 71.5 cm³/mol. The summed E-state index contributed by atoms with van der Waals surface area (Å²) in [6.07, 6.45) is 0.783. The predicted octanol–water partition coefficient (Wildman–Crippen LogP) is 3.19. The number of rotatable bonds is 2.